The third-order valence-electron chi connectivity index (χ3n) is 2.55. The molecule has 0 saturated carbocycles. The lowest BCUT2D eigenvalue weighted by Gasteiger charge is -2.18. The summed E-state index contributed by atoms with van der Waals surface area (Å²) in [5.41, 5.74) is 0. The van der Waals surface area contributed by atoms with E-state index < -0.39 is 0 Å². The summed E-state index contributed by atoms with van der Waals surface area (Å²) in [5, 5.41) is 5.95. The summed E-state index contributed by atoms with van der Waals surface area (Å²) in [6.45, 7) is 7.07. The Balaban J connectivity index is 2.17. The van der Waals surface area contributed by atoms with Crippen molar-refractivity contribution in [3.63, 3.8) is 0 Å². The third-order valence-corrected chi connectivity index (χ3v) is 3.84. The van der Waals surface area contributed by atoms with Crippen LogP contribution >= 0.6 is 22.9 Å². The zero-order valence-corrected chi connectivity index (χ0v) is 11.9. The van der Waals surface area contributed by atoms with Gasteiger partial charge in [-0.2, -0.15) is 0 Å². The quantitative estimate of drug-likeness (QED) is 0.776. The second-order valence-corrected chi connectivity index (χ2v) is 5.16. The molecule has 96 valence electrons. The molecule has 1 aromatic rings. The molecule has 17 heavy (non-hydrogen) atoms. The number of carbonyl (C=O) groups is 1. The van der Waals surface area contributed by atoms with Gasteiger partial charge in [-0.1, -0.05) is 11.6 Å². The molecule has 0 unspecified atom stereocenters. The summed E-state index contributed by atoms with van der Waals surface area (Å²) >= 11 is 7.46. The highest BCUT2D eigenvalue weighted by Gasteiger charge is 2.08. The molecule has 1 rings (SSSR count). The van der Waals surface area contributed by atoms with Crippen LogP contribution in [0.3, 0.4) is 0 Å². The minimum Gasteiger partial charge on any atom is -0.343 e. The van der Waals surface area contributed by atoms with E-state index >= 15 is 0 Å². The lowest BCUT2D eigenvalue weighted by molar-refractivity contribution is -0.130. The van der Waals surface area contributed by atoms with Gasteiger partial charge in [0.05, 0.1) is 5.02 Å². The molecule has 5 heteroatoms. The summed E-state index contributed by atoms with van der Waals surface area (Å²) in [7, 11) is 0. The fourth-order valence-electron chi connectivity index (χ4n) is 1.59. The molecule has 1 amide bonds. The van der Waals surface area contributed by atoms with Crippen LogP contribution in [0.2, 0.25) is 5.02 Å². The van der Waals surface area contributed by atoms with Crippen LogP contribution < -0.4 is 5.32 Å². The van der Waals surface area contributed by atoms with Crippen LogP contribution in [-0.4, -0.2) is 30.4 Å². The van der Waals surface area contributed by atoms with Crippen LogP contribution in [-0.2, 0) is 11.3 Å². The lowest BCUT2D eigenvalue weighted by atomic mass is 10.3. The molecule has 0 aliphatic rings. The minimum atomic E-state index is 0.215. The fraction of sp³-hybridized carbons (Fsp3) is 0.583. The van der Waals surface area contributed by atoms with E-state index in [2.05, 4.69) is 5.32 Å². The predicted molar refractivity (Wildman–Crippen MR) is 73.6 cm³/mol. The van der Waals surface area contributed by atoms with E-state index in [0.717, 1.165) is 24.7 Å². The van der Waals surface area contributed by atoms with Gasteiger partial charge in [0.1, 0.15) is 0 Å². The highest BCUT2D eigenvalue weighted by Crippen LogP contribution is 2.18. The minimum absolute atomic E-state index is 0.215. The van der Waals surface area contributed by atoms with Crippen LogP contribution in [0.5, 0.6) is 0 Å². The number of rotatable bonds is 7. The molecule has 1 N–H and O–H groups in total. The van der Waals surface area contributed by atoms with Gasteiger partial charge >= 0.3 is 0 Å². The van der Waals surface area contributed by atoms with Gasteiger partial charge in [-0.05, 0) is 19.9 Å². The van der Waals surface area contributed by atoms with Crippen molar-refractivity contribution in [1.29, 1.82) is 0 Å². The molecule has 0 aliphatic carbocycles. The highest BCUT2D eigenvalue weighted by molar-refractivity contribution is 7.10. The molecular formula is C12H19ClN2OS. The van der Waals surface area contributed by atoms with Crippen LogP contribution in [0.25, 0.3) is 0 Å². The number of carbonyl (C=O) groups excluding carboxylic acids is 1. The Kier molecular flexibility index (Phi) is 6.55. The molecule has 0 atom stereocenters. The molecular weight excluding hydrogens is 256 g/mol. The average molecular weight is 275 g/mol. The molecule has 0 radical (unpaired) electrons. The number of nitrogens with one attached hydrogen (secondary N) is 1. The third kappa shape index (κ3) is 5.06. The van der Waals surface area contributed by atoms with Crippen LogP contribution in [0, 0.1) is 0 Å². The van der Waals surface area contributed by atoms with Gasteiger partial charge in [-0.15, -0.1) is 11.3 Å². The number of halogens is 1. The van der Waals surface area contributed by atoms with Crippen molar-refractivity contribution in [3.05, 3.63) is 21.3 Å². The maximum atomic E-state index is 11.7. The number of hydrogen-bond donors (Lipinski definition) is 1. The molecule has 3 nitrogen and oxygen atoms in total. The molecule has 0 spiro atoms. The second kappa shape index (κ2) is 7.69. The molecule has 0 aliphatic heterocycles. The summed E-state index contributed by atoms with van der Waals surface area (Å²) in [4.78, 5) is 14.7. The Hall–Kier alpha value is -0.580. The highest BCUT2D eigenvalue weighted by atomic mass is 35.5. The predicted octanol–water partition coefficient (Wildman–Crippen LogP) is 2.75. The van der Waals surface area contributed by atoms with E-state index in [4.69, 9.17) is 11.6 Å². The maximum Gasteiger partial charge on any atom is 0.223 e. The largest absolute Gasteiger partial charge is 0.343 e. The first-order valence-corrected chi connectivity index (χ1v) is 7.14. The normalized spacial score (nSPS) is 10.5. The van der Waals surface area contributed by atoms with Crippen LogP contribution in [0.15, 0.2) is 11.4 Å². The van der Waals surface area contributed by atoms with Crippen LogP contribution in [0.4, 0.5) is 0 Å². The van der Waals surface area contributed by atoms with E-state index in [9.17, 15) is 4.79 Å². The molecule has 1 aromatic heterocycles. The van der Waals surface area contributed by atoms with Crippen molar-refractivity contribution in [3.8, 4) is 0 Å². The standard InChI is InChI=1S/C12H19ClN2OS/c1-3-15(4-2)12(16)5-6-14-8-11-7-10(13)9-17-11/h7,9,14H,3-6,8H2,1-2H3. The first-order valence-electron chi connectivity index (χ1n) is 5.88. The summed E-state index contributed by atoms with van der Waals surface area (Å²) < 4.78 is 0. The van der Waals surface area contributed by atoms with Crippen molar-refractivity contribution in [2.24, 2.45) is 0 Å². The van der Waals surface area contributed by atoms with E-state index in [1.807, 2.05) is 30.2 Å². The SMILES string of the molecule is CCN(CC)C(=O)CCNCc1cc(Cl)cs1. The Morgan fingerprint density at radius 1 is 1.47 bits per heavy atom. The molecule has 1 heterocycles. The first-order chi connectivity index (χ1) is 8.17. The van der Waals surface area contributed by atoms with Crippen molar-refractivity contribution >= 4 is 28.8 Å². The summed E-state index contributed by atoms with van der Waals surface area (Å²) in [6, 6.07) is 1.95. The number of amides is 1. The molecule has 0 fully saturated rings. The number of hydrogen-bond acceptors (Lipinski definition) is 3. The van der Waals surface area contributed by atoms with E-state index in [1.54, 1.807) is 11.3 Å². The number of thiophene rings is 1. The Bertz CT molecular complexity index is 350. The Morgan fingerprint density at radius 3 is 2.71 bits per heavy atom. The zero-order chi connectivity index (χ0) is 12.7. The van der Waals surface area contributed by atoms with Gasteiger partial charge in [-0.25, -0.2) is 0 Å². The second-order valence-electron chi connectivity index (χ2n) is 3.72. The van der Waals surface area contributed by atoms with E-state index in [-0.39, 0.29) is 5.91 Å². The van der Waals surface area contributed by atoms with Gasteiger partial charge in [0, 0.05) is 42.9 Å². The zero-order valence-electron chi connectivity index (χ0n) is 10.3. The average Bonchev–Trinajstić information content (AvgIpc) is 2.72. The molecule has 0 bridgehead atoms. The molecule has 0 aromatic carbocycles. The Labute approximate surface area is 112 Å². The van der Waals surface area contributed by atoms with Gasteiger partial charge in [0.15, 0.2) is 0 Å². The fourth-order valence-corrected chi connectivity index (χ4v) is 2.63. The molecule has 0 saturated heterocycles. The topological polar surface area (TPSA) is 32.3 Å². The van der Waals surface area contributed by atoms with Gasteiger partial charge < -0.3 is 10.2 Å². The first kappa shape index (κ1) is 14.5. The van der Waals surface area contributed by atoms with Crippen molar-refractivity contribution in [1.82, 2.24) is 10.2 Å². The monoisotopic (exact) mass is 274 g/mol. The summed E-state index contributed by atoms with van der Waals surface area (Å²) in [5.74, 6) is 0.215. The van der Waals surface area contributed by atoms with Crippen molar-refractivity contribution in [2.75, 3.05) is 19.6 Å². The van der Waals surface area contributed by atoms with Crippen LogP contribution in [0.1, 0.15) is 25.1 Å². The van der Waals surface area contributed by atoms with Gasteiger partial charge in [0.2, 0.25) is 5.91 Å². The van der Waals surface area contributed by atoms with Gasteiger partial charge in [0.25, 0.3) is 0 Å². The number of nitrogens with zero attached hydrogens (tertiary/aromatic N) is 1. The van der Waals surface area contributed by atoms with Gasteiger partial charge in [-0.3, -0.25) is 4.79 Å². The van der Waals surface area contributed by atoms with Crippen molar-refractivity contribution in [2.45, 2.75) is 26.8 Å². The summed E-state index contributed by atoms with van der Waals surface area (Å²) in [6.07, 6.45) is 0.556. The van der Waals surface area contributed by atoms with Crippen molar-refractivity contribution < 1.29 is 4.79 Å². The maximum absolute atomic E-state index is 11.7. The van der Waals surface area contributed by atoms with E-state index in [0.29, 0.717) is 13.0 Å². The smallest absolute Gasteiger partial charge is 0.223 e. The lowest BCUT2D eigenvalue weighted by Crippen LogP contribution is -2.32. The van der Waals surface area contributed by atoms with E-state index in [1.165, 1.54) is 4.88 Å². The Morgan fingerprint density at radius 2 is 2.18 bits per heavy atom.